The monoisotopic (exact) mass is 160 g/mol. The summed E-state index contributed by atoms with van der Waals surface area (Å²) in [6.45, 7) is 10.5. The molecule has 0 saturated heterocycles. The van der Waals surface area contributed by atoms with Crippen molar-refractivity contribution in [2.24, 2.45) is 5.41 Å². The van der Waals surface area contributed by atoms with Gasteiger partial charge in [-0.05, 0) is 25.7 Å². The highest BCUT2D eigenvalue weighted by Crippen LogP contribution is 2.35. The van der Waals surface area contributed by atoms with E-state index in [2.05, 4.69) is 20.8 Å². The third-order valence-corrected chi connectivity index (χ3v) is 1.86. The maximum atomic E-state index is 10.6. The molecule has 0 unspecified atom stereocenters. The van der Waals surface area contributed by atoms with Crippen molar-refractivity contribution in [3.63, 3.8) is 0 Å². The van der Waals surface area contributed by atoms with Crippen LogP contribution in [0.3, 0.4) is 0 Å². The van der Waals surface area contributed by atoms with Crippen LogP contribution in [0.4, 0.5) is 0 Å². The van der Waals surface area contributed by atoms with Gasteiger partial charge in [0.2, 0.25) is 0 Å². The van der Waals surface area contributed by atoms with Crippen LogP contribution < -0.4 is 0 Å². The zero-order chi connectivity index (χ0) is 8.41. The van der Waals surface area contributed by atoms with Gasteiger partial charge >= 0.3 is 0 Å². The molecule has 2 heteroatoms. The molecule has 1 nitrogen and oxygen atoms in total. The van der Waals surface area contributed by atoms with Crippen molar-refractivity contribution in [1.29, 1.82) is 0 Å². The second-order valence-corrected chi connectivity index (χ2v) is 6.03. The molecule has 0 aromatic heterocycles. The largest absolute Gasteiger partial charge is 0.274 e. The molecule has 0 spiro atoms. The van der Waals surface area contributed by atoms with Crippen LogP contribution in [0, 0.1) is 5.41 Å². The van der Waals surface area contributed by atoms with Gasteiger partial charge in [0.05, 0.1) is 0 Å². The summed E-state index contributed by atoms with van der Waals surface area (Å²) in [5.41, 5.74) is 0.279. The Balaban J connectivity index is 4.01. The second-order valence-electron chi connectivity index (χ2n) is 4.64. The fraction of sp³-hybridized carbons (Fsp3) is 1.00. The van der Waals surface area contributed by atoms with E-state index in [-0.39, 0.29) is 19.0 Å². The summed E-state index contributed by atoms with van der Waals surface area (Å²) < 4.78 is 10.6. The Hall–Kier alpha value is 0.100. The fourth-order valence-electron chi connectivity index (χ4n) is 1.33. The zero-order valence-corrected chi connectivity index (χ0v) is 8.46. The molecule has 0 atom stereocenters. The van der Waals surface area contributed by atoms with Crippen molar-refractivity contribution in [3.05, 3.63) is 0 Å². The second kappa shape index (κ2) is 3.00. The Morgan fingerprint density at radius 2 is 1.50 bits per heavy atom. The fourth-order valence-corrected chi connectivity index (χ4v) is 1.87. The van der Waals surface area contributed by atoms with Gasteiger partial charge in [-0.2, -0.15) is 0 Å². The summed E-state index contributed by atoms with van der Waals surface area (Å²) in [4.78, 5) is 0. The molecule has 0 N–H and O–H groups in total. The highest BCUT2D eigenvalue weighted by atomic mass is 31.1. The van der Waals surface area contributed by atoms with Crippen LogP contribution in [-0.2, 0) is 4.57 Å². The minimum absolute atomic E-state index is 0.0573. The highest BCUT2D eigenvalue weighted by Gasteiger charge is 2.25. The number of hydrogen-bond acceptors (Lipinski definition) is 1. The van der Waals surface area contributed by atoms with Crippen LogP contribution >= 0.6 is 8.46 Å². The molecule has 0 aliphatic rings. The number of hydrogen-bond donors (Lipinski definition) is 0. The lowest BCUT2D eigenvalue weighted by Crippen LogP contribution is -2.20. The van der Waals surface area contributed by atoms with Crippen molar-refractivity contribution >= 4 is 8.46 Å². The van der Waals surface area contributed by atoms with Crippen LogP contribution in [0.15, 0.2) is 0 Å². The van der Waals surface area contributed by atoms with E-state index in [0.717, 1.165) is 6.42 Å². The molecule has 0 aliphatic heterocycles. The average molecular weight is 160 g/mol. The Labute approximate surface area is 65.4 Å². The Kier molecular flexibility index (Phi) is 3.03. The van der Waals surface area contributed by atoms with Crippen LogP contribution in [0.1, 0.15) is 41.0 Å². The van der Waals surface area contributed by atoms with Crippen LogP contribution in [0.25, 0.3) is 0 Å². The lowest BCUT2D eigenvalue weighted by Gasteiger charge is -2.26. The molecule has 0 saturated carbocycles. The predicted molar refractivity (Wildman–Crippen MR) is 45.8 cm³/mol. The van der Waals surface area contributed by atoms with E-state index in [9.17, 15) is 4.57 Å². The summed E-state index contributed by atoms with van der Waals surface area (Å²) in [5, 5.41) is -0.0573. The van der Waals surface area contributed by atoms with E-state index >= 15 is 0 Å². The number of rotatable bonds is 2. The molecule has 10 heavy (non-hydrogen) atoms. The van der Waals surface area contributed by atoms with Crippen molar-refractivity contribution in [1.82, 2.24) is 0 Å². The smallest absolute Gasteiger partial charge is 0.161 e. The van der Waals surface area contributed by atoms with E-state index < -0.39 is 0 Å². The topological polar surface area (TPSA) is 17.1 Å². The van der Waals surface area contributed by atoms with Crippen LogP contribution in [0.2, 0.25) is 0 Å². The molecule has 0 aromatic rings. The lowest BCUT2D eigenvalue weighted by atomic mass is 9.86. The van der Waals surface area contributed by atoms with Gasteiger partial charge < -0.3 is 0 Å². The first kappa shape index (κ1) is 10.1. The predicted octanol–water partition coefficient (Wildman–Crippen LogP) is 3.49. The molecule has 0 aliphatic carbocycles. The Morgan fingerprint density at radius 3 is 1.60 bits per heavy atom. The quantitative estimate of drug-likeness (QED) is 0.565. The van der Waals surface area contributed by atoms with Gasteiger partial charge in [-0.1, -0.05) is 20.8 Å². The summed E-state index contributed by atoms with van der Waals surface area (Å²) in [6.07, 6.45) is 0.991. The standard InChI is InChI=1S/C8H17OP/c1-7(2,3)6-8(4,5)10-9/h6H2,1-5H3. The van der Waals surface area contributed by atoms with Crippen LogP contribution in [0.5, 0.6) is 0 Å². The summed E-state index contributed by atoms with van der Waals surface area (Å²) in [5.74, 6) is 0. The third-order valence-electron chi connectivity index (χ3n) is 1.21. The maximum absolute atomic E-state index is 10.6. The minimum atomic E-state index is -0.0573. The molecule has 0 fully saturated rings. The van der Waals surface area contributed by atoms with Crippen molar-refractivity contribution < 1.29 is 4.57 Å². The van der Waals surface area contributed by atoms with Crippen molar-refractivity contribution in [3.8, 4) is 0 Å². The highest BCUT2D eigenvalue weighted by molar-refractivity contribution is 7.25. The molecule has 0 radical (unpaired) electrons. The maximum Gasteiger partial charge on any atom is 0.161 e. The van der Waals surface area contributed by atoms with E-state index in [1.54, 1.807) is 0 Å². The van der Waals surface area contributed by atoms with Gasteiger partial charge in [-0.3, -0.25) is 4.57 Å². The van der Waals surface area contributed by atoms with Crippen molar-refractivity contribution in [2.45, 2.75) is 46.2 Å². The zero-order valence-electron chi connectivity index (χ0n) is 7.56. The molecule has 0 amide bonds. The molecule has 0 rings (SSSR count). The van der Waals surface area contributed by atoms with Gasteiger partial charge in [0, 0.05) is 5.16 Å². The molecule has 0 bridgehead atoms. The summed E-state index contributed by atoms with van der Waals surface area (Å²) in [6, 6.07) is 0. The molecule has 60 valence electrons. The first-order chi connectivity index (χ1) is 4.27. The van der Waals surface area contributed by atoms with Gasteiger partial charge in [-0.25, -0.2) is 0 Å². The van der Waals surface area contributed by atoms with E-state index in [4.69, 9.17) is 0 Å². The summed E-state index contributed by atoms with van der Waals surface area (Å²) in [7, 11) is 0.256. The van der Waals surface area contributed by atoms with E-state index in [0.29, 0.717) is 0 Å². The molecule has 0 aromatic carbocycles. The van der Waals surface area contributed by atoms with E-state index in [1.807, 2.05) is 13.8 Å². The normalized spacial score (nSPS) is 14.1. The third kappa shape index (κ3) is 4.93. The molecule has 0 heterocycles. The van der Waals surface area contributed by atoms with Crippen LogP contribution in [-0.4, -0.2) is 5.16 Å². The Bertz CT molecular complexity index is 122. The van der Waals surface area contributed by atoms with E-state index in [1.165, 1.54) is 0 Å². The average Bonchev–Trinajstić information content (AvgIpc) is 1.60. The summed E-state index contributed by atoms with van der Waals surface area (Å²) >= 11 is 0. The Morgan fingerprint density at radius 1 is 1.10 bits per heavy atom. The van der Waals surface area contributed by atoms with Gasteiger partial charge in [0.25, 0.3) is 0 Å². The first-order valence-electron chi connectivity index (χ1n) is 3.61. The first-order valence-corrected chi connectivity index (χ1v) is 4.43. The SMILES string of the molecule is CC(C)(C)CC(C)(C)P=O. The molecular formula is C8H17OP. The minimum Gasteiger partial charge on any atom is -0.274 e. The lowest BCUT2D eigenvalue weighted by molar-refractivity contribution is 0.334. The van der Waals surface area contributed by atoms with Crippen molar-refractivity contribution in [2.75, 3.05) is 0 Å². The molecular weight excluding hydrogens is 143 g/mol. The van der Waals surface area contributed by atoms with Gasteiger partial charge in [-0.15, -0.1) is 0 Å². The van der Waals surface area contributed by atoms with Gasteiger partial charge in [0.15, 0.2) is 8.46 Å². The van der Waals surface area contributed by atoms with Gasteiger partial charge in [0.1, 0.15) is 0 Å².